The van der Waals surface area contributed by atoms with E-state index in [2.05, 4.69) is 20.5 Å². The number of nitrogens with zero attached hydrogens (tertiary/aromatic N) is 2. The summed E-state index contributed by atoms with van der Waals surface area (Å²) in [5.41, 5.74) is 3.48. The number of ether oxygens (including phenoxy) is 2. The number of amides is 2. The molecule has 1 aliphatic rings. The minimum Gasteiger partial charge on any atom is -0.405 e. The highest BCUT2D eigenvalue weighted by Gasteiger charge is 2.32. The zero-order valence-corrected chi connectivity index (χ0v) is 19.3. The van der Waals surface area contributed by atoms with Crippen molar-refractivity contribution in [1.82, 2.24) is 15.1 Å². The molecule has 0 bridgehead atoms. The van der Waals surface area contributed by atoms with Crippen LogP contribution in [0.4, 0.5) is 23.8 Å². The molecule has 0 saturated heterocycles. The second-order valence-corrected chi connectivity index (χ2v) is 8.23. The molecule has 2 aromatic rings. The number of anilines is 1. The number of nitrogens with one attached hydrogen (secondary N) is 2. The van der Waals surface area contributed by atoms with Crippen LogP contribution in [-0.4, -0.2) is 29.3 Å². The van der Waals surface area contributed by atoms with Gasteiger partial charge in [0.05, 0.1) is 12.3 Å². The van der Waals surface area contributed by atoms with Gasteiger partial charge < -0.3 is 14.8 Å². The average molecular weight is 483 g/mol. The Balaban J connectivity index is 1.78. The van der Waals surface area contributed by atoms with E-state index in [9.17, 15) is 18.0 Å². The van der Waals surface area contributed by atoms with E-state index in [-0.39, 0.29) is 24.5 Å². The Morgan fingerprint density at radius 2 is 2.12 bits per heavy atom. The van der Waals surface area contributed by atoms with Crippen LogP contribution >= 0.6 is 11.8 Å². The predicted octanol–water partition coefficient (Wildman–Crippen LogP) is 5.43. The Kier molecular flexibility index (Phi) is 8.09. The number of allylic oxidation sites excluding steroid dienone is 4. The normalized spacial score (nSPS) is 13.9. The number of thioether (sulfide) groups is 1. The van der Waals surface area contributed by atoms with Gasteiger partial charge in [-0.15, -0.1) is 13.2 Å². The van der Waals surface area contributed by atoms with Gasteiger partial charge in [-0.05, 0) is 37.6 Å². The minimum absolute atomic E-state index is 0.173. The molecule has 0 radical (unpaired) electrons. The van der Waals surface area contributed by atoms with Crippen molar-refractivity contribution in [3.8, 4) is 5.75 Å². The molecule has 11 heteroatoms. The van der Waals surface area contributed by atoms with E-state index in [1.807, 2.05) is 32.1 Å². The average Bonchev–Trinajstić information content (AvgIpc) is 3.34. The van der Waals surface area contributed by atoms with Crippen molar-refractivity contribution < 1.29 is 27.4 Å². The third-order valence-electron chi connectivity index (χ3n) is 4.75. The maximum absolute atomic E-state index is 12.8. The summed E-state index contributed by atoms with van der Waals surface area (Å²) < 4.78 is 49.2. The third-order valence-corrected chi connectivity index (χ3v) is 5.72. The molecule has 0 fully saturated rings. The molecule has 33 heavy (non-hydrogen) atoms. The summed E-state index contributed by atoms with van der Waals surface area (Å²) in [6, 6.07) is 3.64. The van der Waals surface area contributed by atoms with Crippen molar-refractivity contribution in [3.05, 3.63) is 58.8 Å². The number of halogens is 3. The van der Waals surface area contributed by atoms with E-state index in [1.165, 1.54) is 25.3 Å². The summed E-state index contributed by atoms with van der Waals surface area (Å²) in [4.78, 5) is 12.7. The van der Waals surface area contributed by atoms with Gasteiger partial charge in [-0.1, -0.05) is 18.2 Å². The Hall–Kier alpha value is -2.92. The van der Waals surface area contributed by atoms with Crippen molar-refractivity contribution >= 4 is 29.3 Å². The topological polar surface area (TPSA) is 77.4 Å². The molecule has 0 unspecified atom stereocenters. The van der Waals surface area contributed by atoms with Crippen molar-refractivity contribution in [1.29, 1.82) is 0 Å². The van der Waals surface area contributed by atoms with Crippen LogP contribution in [0.1, 0.15) is 36.2 Å². The van der Waals surface area contributed by atoms with Crippen LogP contribution in [0, 0.1) is 0 Å². The molecule has 0 spiro atoms. The lowest BCUT2D eigenvalue weighted by molar-refractivity contribution is -0.274. The highest BCUT2D eigenvalue weighted by Crippen LogP contribution is 2.36. The smallest absolute Gasteiger partial charge is 0.405 e. The summed E-state index contributed by atoms with van der Waals surface area (Å²) in [5, 5.41) is 10.0. The molecular weight excluding hydrogens is 457 g/mol. The second kappa shape index (κ2) is 10.8. The SMILES string of the molecule is C/C=C\C=C(/C)n1nc2c(c1NC(=O)NCc1cc(COC)ccc1OC(F)(F)F)CSC2. The van der Waals surface area contributed by atoms with Crippen LogP contribution in [0.15, 0.2) is 36.4 Å². The number of urea groups is 1. The van der Waals surface area contributed by atoms with Gasteiger partial charge >= 0.3 is 12.4 Å². The van der Waals surface area contributed by atoms with Crippen LogP contribution in [0.3, 0.4) is 0 Å². The molecule has 1 aliphatic heterocycles. The quantitative estimate of drug-likeness (QED) is 0.491. The molecule has 0 saturated carbocycles. The molecule has 1 aromatic heterocycles. The number of carbonyl (C=O) groups excluding carboxylic acids is 1. The summed E-state index contributed by atoms with van der Waals surface area (Å²) in [6.45, 7) is 3.81. The molecule has 178 valence electrons. The number of hydrogen-bond acceptors (Lipinski definition) is 5. The number of benzene rings is 1. The summed E-state index contributed by atoms with van der Waals surface area (Å²) in [5.74, 6) is 1.63. The first-order valence-electron chi connectivity index (χ1n) is 10.1. The molecule has 0 aliphatic carbocycles. The standard InChI is InChI=1S/C22H25F3N4O3S/c1-4-5-6-14(2)29-20(17-12-33-13-18(17)28-29)27-21(30)26-10-16-9-15(11-31-3)7-8-19(16)32-22(23,24)25/h4-9H,10-13H2,1-3H3,(H2,26,27,30)/b5-4-,14-6+. The molecule has 2 heterocycles. The van der Waals surface area contributed by atoms with Crippen LogP contribution in [-0.2, 0) is 29.4 Å². The molecule has 0 atom stereocenters. The fourth-order valence-corrected chi connectivity index (χ4v) is 4.32. The lowest BCUT2D eigenvalue weighted by Gasteiger charge is -2.16. The first-order chi connectivity index (χ1) is 15.7. The number of alkyl halides is 3. The Bertz CT molecular complexity index is 1060. The zero-order chi connectivity index (χ0) is 24.0. The van der Waals surface area contributed by atoms with E-state index < -0.39 is 12.4 Å². The van der Waals surface area contributed by atoms with Crippen LogP contribution in [0.5, 0.6) is 5.75 Å². The summed E-state index contributed by atoms with van der Waals surface area (Å²) in [7, 11) is 1.48. The number of fused-ring (bicyclic) bond motifs is 1. The summed E-state index contributed by atoms with van der Waals surface area (Å²) in [6.07, 6.45) is 0.784. The number of aromatic nitrogens is 2. The van der Waals surface area contributed by atoms with E-state index in [0.29, 0.717) is 17.1 Å². The van der Waals surface area contributed by atoms with Crippen LogP contribution < -0.4 is 15.4 Å². The van der Waals surface area contributed by atoms with Gasteiger partial charge in [0, 0.05) is 42.0 Å². The monoisotopic (exact) mass is 482 g/mol. The highest BCUT2D eigenvalue weighted by atomic mass is 32.2. The molecular formula is C22H25F3N4O3S. The first kappa shape index (κ1) is 24.7. The lowest BCUT2D eigenvalue weighted by Crippen LogP contribution is -2.30. The van der Waals surface area contributed by atoms with Gasteiger partial charge in [-0.25, -0.2) is 9.48 Å². The van der Waals surface area contributed by atoms with Gasteiger partial charge in [-0.3, -0.25) is 5.32 Å². The molecule has 7 nitrogen and oxygen atoms in total. The van der Waals surface area contributed by atoms with Gasteiger partial charge in [0.15, 0.2) is 0 Å². The highest BCUT2D eigenvalue weighted by molar-refractivity contribution is 7.98. The van der Waals surface area contributed by atoms with E-state index in [0.717, 1.165) is 22.7 Å². The van der Waals surface area contributed by atoms with E-state index in [1.54, 1.807) is 16.4 Å². The lowest BCUT2D eigenvalue weighted by atomic mass is 10.1. The van der Waals surface area contributed by atoms with Gasteiger partial charge in [0.25, 0.3) is 0 Å². The van der Waals surface area contributed by atoms with E-state index in [4.69, 9.17) is 4.74 Å². The Morgan fingerprint density at radius 3 is 2.82 bits per heavy atom. The third kappa shape index (κ3) is 6.55. The van der Waals surface area contributed by atoms with Crippen LogP contribution in [0.25, 0.3) is 5.70 Å². The maximum Gasteiger partial charge on any atom is 0.573 e. The maximum atomic E-state index is 12.8. The van der Waals surface area contributed by atoms with Crippen molar-refractivity contribution in [3.63, 3.8) is 0 Å². The van der Waals surface area contributed by atoms with Gasteiger partial charge in [0.2, 0.25) is 0 Å². The van der Waals surface area contributed by atoms with Crippen molar-refractivity contribution in [2.75, 3.05) is 12.4 Å². The fourth-order valence-electron chi connectivity index (χ4n) is 3.28. The molecule has 3 rings (SSSR count). The van der Waals surface area contributed by atoms with Crippen molar-refractivity contribution in [2.45, 2.75) is 44.9 Å². The minimum atomic E-state index is -4.85. The molecule has 2 amide bonds. The second-order valence-electron chi connectivity index (χ2n) is 7.24. The zero-order valence-electron chi connectivity index (χ0n) is 18.5. The van der Waals surface area contributed by atoms with Gasteiger partial charge in [0.1, 0.15) is 11.6 Å². The number of carbonyl (C=O) groups is 1. The van der Waals surface area contributed by atoms with Crippen LogP contribution in [0.2, 0.25) is 0 Å². The van der Waals surface area contributed by atoms with Crippen molar-refractivity contribution in [2.24, 2.45) is 0 Å². The Morgan fingerprint density at radius 1 is 1.33 bits per heavy atom. The largest absolute Gasteiger partial charge is 0.573 e. The van der Waals surface area contributed by atoms with Gasteiger partial charge in [-0.2, -0.15) is 16.9 Å². The first-order valence-corrected chi connectivity index (χ1v) is 11.3. The Labute approximate surface area is 194 Å². The number of rotatable bonds is 8. The summed E-state index contributed by atoms with van der Waals surface area (Å²) >= 11 is 1.70. The molecule has 1 aromatic carbocycles. The number of methoxy groups -OCH3 is 1. The fraction of sp³-hybridized carbons (Fsp3) is 0.364. The predicted molar refractivity (Wildman–Crippen MR) is 122 cm³/mol. The number of hydrogen-bond donors (Lipinski definition) is 2. The van der Waals surface area contributed by atoms with E-state index >= 15 is 0 Å². The molecule has 2 N–H and O–H groups in total.